The Kier molecular flexibility index (Phi) is 3.51. The first-order chi connectivity index (χ1) is 13.6. The van der Waals surface area contributed by atoms with Crippen LogP contribution in [0.3, 0.4) is 0 Å². The van der Waals surface area contributed by atoms with E-state index in [2.05, 4.69) is 4.98 Å². The van der Waals surface area contributed by atoms with Crippen molar-refractivity contribution in [2.24, 2.45) is 0 Å². The van der Waals surface area contributed by atoms with E-state index < -0.39 is 0 Å². The van der Waals surface area contributed by atoms with E-state index in [4.69, 9.17) is 9.47 Å². The Morgan fingerprint density at radius 2 is 2.04 bits per heavy atom. The molecule has 2 aliphatic heterocycles. The smallest absolute Gasteiger partial charge is 0.263 e. The van der Waals surface area contributed by atoms with E-state index in [1.807, 2.05) is 0 Å². The summed E-state index contributed by atoms with van der Waals surface area (Å²) in [7, 11) is 0. The molecule has 0 atom stereocenters. The molecule has 0 radical (unpaired) electrons. The maximum atomic E-state index is 13.2. The first-order valence-corrected chi connectivity index (χ1v) is 8.81. The third-order valence-corrected chi connectivity index (χ3v) is 5.17. The van der Waals surface area contributed by atoms with Crippen molar-refractivity contribution in [2.45, 2.75) is 25.9 Å². The van der Waals surface area contributed by atoms with Gasteiger partial charge in [-0.25, -0.2) is 4.98 Å². The SMILES string of the molecule is O=CCn1cc(-c2cc(C=O)c(O)c3c2OCO3)c2c(=O)n3c(nc21)CCC3. The van der Waals surface area contributed by atoms with Crippen molar-refractivity contribution >= 4 is 23.6 Å². The molecule has 0 fully saturated rings. The lowest BCUT2D eigenvalue weighted by Crippen LogP contribution is -2.21. The maximum absolute atomic E-state index is 13.2. The molecule has 0 spiro atoms. The van der Waals surface area contributed by atoms with Gasteiger partial charge in [-0.1, -0.05) is 0 Å². The van der Waals surface area contributed by atoms with Crippen LogP contribution in [0.1, 0.15) is 22.6 Å². The number of rotatable bonds is 4. The quantitative estimate of drug-likeness (QED) is 0.677. The minimum atomic E-state index is -0.307. The number of ether oxygens (including phenoxy) is 2. The van der Waals surface area contributed by atoms with Gasteiger partial charge in [-0.3, -0.25) is 14.2 Å². The number of carbonyl (C=O) groups excluding carboxylic acids is 2. The normalized spacial score (nSPS) is 14.4. The zero-order chi connectivity index (χ0) is 19.4. The van der Waals surface area contributed by atoms with E-state index >= 15 is 0 Å². The van der Waals surface area contributed by atoms with Crippen molar-refractivity contribution < 1.29 is 24.2 Å². The molecular formula is C19H15N3O6. The van der Waals surface area contributed by atoms with Crippen LogP contribution in [0.25, 0.3) is 22.2 Å². The van der Waals surface area contributed by atoms with Gasteiger partial charge < -0.3 is 23.9 Å². The molecule has 9 nitrogen and oxygen atoms in total. The van der Waals surface area contributed by atoms with Crippen LogP contribution in [0.2, 0.25) is 0 Å². The lowest BCUT2D eigenvalue weighted by atomic mass is 10.0. The third kappa shape index (κ3) is 2.13. The summed E-state index contributed by atoms with van der Waals surface area (Å²) in [4.78, 5) is 40.4. The third-order valence-electron chi connectivity index (χ3n) is 5.17. The number of phenolic OH excluding ortho intramolecular Hbond substituents is 1. The van der Waals surface area contributed by atoms with Gasteiger partial charge in [0, 0.05) is 30.3 Å². The molecular weight excluding hydrogens is 366 g/mol. The minimum absolute atomic E-state index is 0.0183. The van der Waals surface area contributed by atoms with Crippen LogP contribution in [0.5, 0.6) is 17.2 Å². The van der Waals surface area contributed by atoms with Crippen LogP contribution < -0.4 is 15.0 Å². The topological polar surface area (TPSA) is 113 Å². The van der Waals surface area contributed by atoms with E-state index in [0.717, 1.165) is 12.7 Å². The van der Waals surface area contributed by atoms with Gasteiger partial charge in [0.2, 0.25) is 12.5 Å². The van der Waals surface area contributed by atoms with Gasteiger partial charge in [0.1, 0.15) is 17.8 Å². The molecule has 5 rings (SSSR count). The van der Waals surface area contributed by atoms with Crippen LogP contribution in [-0.2, 0) is 24.3 Å². The number of aromatic nitrogens is 3. The predicted octanol–water partition coefficient (Wildman–Crippen LogP) is 1.26. The molecule has 2 aromatic heterocycles. The van der Waals surface area contributed by atoms with Crippen molar-refractivity contribution in [1.29, 1.82) is 0 Å². The summed E-state index contributed by atoms with van der Waals surface area (Å²) in [6.07, 6.45) is 4.42. The minimum Gasteiger partial charge on any atom is -0.504 e. The number of benzene rings is 1. The highest BCUT2D eigenvalue weighted by molar-refractivity contribution is 5.99. The molecule has 142 valence electrons. The lowest BCUT2D eigenvalue weighted by Gasteiger charge is -2.09. The van der Waals surface area contributed by atoms with Crippen LogP contribution >= 0.6 is 0 Å². The van der Waals surface area contributed by atoms with Crippen molar-refractivity contribution in [2.75, 3.05) is 6.79 Å². The first kappa shape index (κ1) is 16.5. The summed E-state index contributed by atoms with van der Waals surface area (Å²) in [5.41, 5.74) is 1.13. The number of hydrogen-bond acceptors (Lipinski definition) is 7. The first-order valence-electron chi connectivity index (χ1n) is 8.81. The molecule has 0 unspecified atom stereocenters. The maximum Gasteiger partial charge on any atom is 0.263 e. The van der Waals surface area contributed by atoms with Gasteiger partial charge in [0.05, 0.1) is 17.5 Å². The molecule has 9 heteroatoms. The monoisotopic (exact) mass is 381 g/mol. The molecule has 0 saturated heterocycles. The molecule has 0 bridgehead atoms. The van der Waals surface area contributed by atoms with Gasteiger partial charge >= 0.3 is 0 Å². The Hall–Kier alpha value is -3.62. The van der Waals surface area contributed by atoms with Crippen molar-refractivity contribution in [3.8, 4) is 28.4 Å². The Balaban J connectivity index is 1.89. The summed E-state index contributed by atoms with van der Waals surface area (Å²) in [6, 6.07) is 1.45. The number of aryl methyl sites for hydroxylation is 1. The van der Waals surface area contributed by atoms with Crippen LogP contribution in [0, 0.1) is 0 Å². The molecule has 0 aliphatic carbocycles. The number of nitrogens with zero attached hydrogens (tertiary/aromatic N) is 3. The van der Waals surface area contributed by atoms with Crippen LogP contribution in [0.4, 0.5) is 0 Å². The number of fused-ring (bicyclic) bond motifs is 3. The average Bonchev–Trinajstić information content (AvgIpc) is 3.42. The number of phenols is 1. The second kappa shape index (κ2) is 5.95. The summed E-state index contributed by atoms with van der Waals surface area (Å²) >= 11 is 0. The summed E-state index contributed by atoms with van der Waals surface area (Å²) < 4.78 is 14.1. The Morgan fingerprint density at radius 3 is 2.82 bits per heavy atom. The molecule has 2 aliphatic rings. The van der Waals surface area contributed by atoms with Crippen LogP contribution in [-0.4, -0.2) is 38.6 Å². The predicted molar refractivity (Wildman–Crippen MR) is 97.0 cm³/mol. The van der Waals surface area contributed by atoms with E-state index in [9.17, 15) is 19.5 Å². The van der Waals surface area contributed by atoms with Gasteiger partial charge in [-0.05, 0) is 12.5 Å². The van der Waals surface area contributed by atoms with E-state index in [0.29, 0.717) is 47.2 Å². The molecule has 28 heavy (non-hydrogen) atoms. The summed E-state index contributed by atoms with van der Waals surface area (Å²) in [5, 5.41) is 10.5. The fourth-order valence-corrected chi connectivity index (χ4v) is 3.92. The highest BCUT2D eigenvalue weighted by Crippen LogP contribution is 2.49. The van der Waals surface area contributed by atoms with Crippen molar-refractivity contribution in [3.63, 3.8) is 0 Å². The Morgan fingerprint density at radius 1 is 1.21 bits per heavy atom. The zero-order valence-corrected chi connectivity index (χ0v) is 14.7. The highest BCUT2D eigenvalue weighted by Gasteiger charge is 2.29. The standard InChI is InChI=1S/C19H15N3O6/c23-5-4-21-7-12(14-18(21)20-13-2-1-3-22(13)19(14)26)11-6-10(8-24)15(25)17-16(11)27-9-28-17/h5-8,25H,1-4,9H2. The lowest BCUT2D eigenvalue weighted by molar-refractivity contribution is -0.108. The van der Waals surface area contributed by atoms with Gasteiger partial charge in [0.15, 0.2) is 17.8 Å². The molecule has 1 N–H and O–H groups in total. The number of carbonyl (C=O) groups is 2. The van der Waals surface area contributed by atoms with E-state index in [1.54, 1.807) is 15.3 Å². The van der Waals surface area contributed by atoms with Gasteiger partial charge in [0.25, 0.3) is 5.56 Å². The molecule has 1 aromatic carbocycles. The van der Waals surface area contributed by atoms with Crippen molar-refractivity contribution in [3.05, 3.63) is 34.0 Å². The fourth-order valence-electron chi connectivity index (χ4n) is 3.92. The van der Waals surface area contributed by atoms with E-state index in [1.165, 1.54) is 6.07 Å². The number of aldehydes is 2. The summed E-state index contributed by atoms with van der Waals surface area (Å²) in [6.45, 7) is 0.505. The molecule has 3 aromatic rings. The largest absolute Gasteiger partial charge is 0.504 e. The number of aromatic hydroxyl groups is 1. The van der Waals surface area contributed by atoms with Gasteiger partial charge in [-0.15, -0.1) is 0 Å². The highest BCUT2D eigenvalue weighted by atomic mass is 16.7. The molecule has 0 amide bonds. The number of hydrogen-bond donors (Lipinski definition) is 1. The molecule has 0 saturated carbocycles. The summed E-state index contributed by atoms with van der Waals surface area (Å²) in [5.74, 6) is 0.695. The zero-order valence-electron chi connectivity index (χ0n) is 14.7. The Labute approximate surface area is 157 Å². The van der Waals surface area contributed by atoms with E-state index in [-0.39, 0.29) is 41.7 Å². The van der Waals surface area contributed by atoms with Crippen molar-refractivity contribution in [1.82, 2.24) is 14.1 Å². The van der Waals surface area contributed by atoms with Crippen LogP contribution in [0.15, 0.2) is 17.1 Å². The second-order valence-corrected chi connectivity index (χ2v) is 6.69. The Bertz CT molecular complexity index is 1220. The second-order valence-electron chi connectivity index (χ2n) is 6.69. The van der Waals surface area contributed by atoms with Gasteiger partial charge in [-0.2, -0.15) is 0 Å². The molecule has 4 heterocycles. The average molecular weight is 381 g/mol. The fraction of sp³-hybridized carbons (Fsp3) is 0.263.